The van der Waals surface area contributed by atoms with Gasteiger partial charge in [-0.1, -0.05) is 30.0 Å². The number of hydrogen-bond acceptors (Lipinski definition) is 6. The van der Waals surface area contributed by atoms with Gasteiger partial charge in [0.15, 0.2) is 11.5 Å². The van der Waals surface area contributed by atoms with Gasteiger partial charge in [-0.05, 0) is 36.6 Å². The maximum Gasteiger partial charge on any atom is 0.266 e. The zero-order chi connectivity index (χ0) is 15.8. The number of thiocarbonyl (C=S) groups is 1. The summed E-state index contributed by atoms with van der Waals surface area (Å²) in [5, 5.41) is 0. The third-order valence-electron chi connectivity index (χ3n) is 3.98. The maximum atomic E-state index is 12.6. The fourth-order valence-electron chi connectivity index (χ4n) is 2.80. The van der Waals surface area contributed by atoms with Crippen molar-refractivity contribution in [1.82, 2.24) is 4.90 Å². The highest BCUT2D eigenvalue weighted by molar-refractivity contribution is 8.26. The van der Waals surface area contributed by atoms with Gasteiger partial charge >= 0.3 is 0 Å². The van der Waals surface area contributed by atoms with Crippen molar-refractivity contribution in [2.45, 2.75) is 18.9 Å². The molecule has 0 spiro atoms. The van der Waals surface area contributed by atoms with Crippen molar-refractivity contribution in [2.24, 2.45) is 0 Å². The number of carbonyl (C=O) groups excluding carboxylic acids is 1. The average molecular weight is 349 g/mol. The Morgan fingerprint density at radius 2 is 2.22 bits per heavy atom. The molecule has 0 N–H and O–H groups in total. The zero-order valence-electron chi connectivity index (χ0n) is 12.3. The molecule has 1 amide bonds. The van der Waals surface area contributed by atoms with Crippen LogP contribution in [0.2, 0.25) is 0 Å². The lowest BCUT2D eigenvalue weighted by atomic mass is 10.2. The third kappa shape index (κ3) is 2.96. The van der Waals surface area contributed by atoms with Crippen LogP contribution in [0.1, 0.15) is 18.4 Å². The summed E-state index contributed by atoms with van der Waals surface area (Å²) in [4.78, 5) is 14.9. The lowest BCUT2D eigenvalue weighted by Gasteiger charge is -2.18. The van der Waals surface area contributed by atoms with Crippen molar-refractivity contribution in [3.05, 3.63) is 28.7 Å². The van der Waals surface area contributed by atoms with Crippen molar-refractivity contribution in [3.8, 4) is 11.5 Å². The van der Waals surface area contributed by atoms with E-state index >= 15 is 0 Å². The summed E-state index contributed by atoms with van der Waals surface area (Å²) in [7, 11) is 0. The number of thioether (sulfide) groups is 1. The number of rotatable bonds is 3. The molecule has 1 aromatic rings. The molecule has 0 radical (unpaired) electrons. The molecule has 1 unspecified atom stereocenters. The number of carbonyl (C=O) groups is 1. The summed E-state index contributed by atoms with van der Waals surface area (Å²) >= 11 is 6.69. The van der Waals surface area contributed by atoms with Crippen molar-refractivity contribution in [3.63, 3.8) is 0 Å². The van der Waals surface area contributed by atoms with E-state index in [1.54, 1.807) is 4.90 Å². The van der Waals surface area contributed by atoms with Crippen LogP contribution in [0.15, 0.2) is 23.1 Å². The lowest BCUT2D eigenvalue weighted by molar-refractivity contribution is -0.123. The van der Waals surface area contributed by atoms with Gasteiger partial charge in [0, 0.05) is 6.61 Å². The molecular formula is C16H15NO4S2. The van der Waals surface area contributed by atoms with Crippen LogP contribution in [-0.4, -0.2) is 41.2 Å². The van der Waals surface area contributed by atoms with Crippen molar-refractivity contribution >= 4 is 40.3 Å². The molecule has 3 heterocycles. The lowest BCUT2D eigenvalue weighted by Crippen LogP contribution is -2.35. The minimum atomic E-state index is -0.0480. The summed E-state index contributed by atoms with van der Waals surface area (Å²) in [6.07, 6.45) is 3.98. The van der Waals surface area contributed by atoms with Gasteiger partial charge in [0.2, 0.25) is 6.79 Å². The Morgan fingerprint density at radius 3 is 3.04 bits per heavy atom. The molecule has 3 aliphatic rings. The molecule has 0 saturated carbocycles. The molecule has 0 aromatic heterocycles. The van der Waals surface area contributed by atoms with E-state index < -0.39 is 0 Å². The highest BCUT2D eigenvalue weighted by Gasteiger charge is 2.34. The predicted octanol–water partition coefficient (Wildman–Crippen LogP) is 2.80. The number of benzene rings is 1. The fraction of sp³-hybridized carbons (Fsp3) is 0.375. The highest BCUT2D eigenvalue weighted by Crippen LogP contribution is 2.36. The number of amides is 1. The average Bonchev–Trinajstić information content (AvgIpc) is 3.26. The molecule has 7 heteroatoms. The quantitative estimate of drug-likeness (QED) is 0.618. The molecule has 3 aliphatic heterocycles. The van der Waals surface area contributed by atoms with E-state index in [0.29, 0.717) is 21.5 Å². The Labute approximate surface area is 143 Å². The summed E-state index contributed by atoms with van der Waals surface area (Å²) in [6.45, 7) is 1.55. The summed E-state index contributed by atoms with van der Waals surface area (Å²) in [5.74, 6) is 1.38. The molecular weight excluding hydrogens is 334 g/mol. The van der Waals surface area contributed by atoms with Crippen LogP contribution in [0, 0.1) is 0 Å². The van der Waals surface area contributed by atoms with E-state index in [2.05, 4.69) is 0 Å². The van der Waals surface area contributed by atoms with Gasteiger partial charge in [-0.15, -0.1) is 0 Å². The van der Waals surface area contributed by atoms with Gasteiger partial charge in [-0.25, -0.2) is 0 Å². The van der Waals surface area contributed by atoms with E-state index in [1.807, 2.05) is 24.3 Å². The molecule has 2 saturated heterocycles. The van der Waals surface area contributed by atoms with E-state index in [4.69, 9.17) is 26.4 Å². The summed E-state index contributed by atoms with van der Waals surface area (Å²) in [5.41, 5.74) is 0.895. The van der Waals surface area contributed by atoms with Gasteiger partial charge in [0.1, 0.15) is 4.32 Å². The first kappa shape index (κ1) is 15.0. The highest BCUT2D eigenvalue weighted by atomic mass is 32.2. The SMILES string of the molecule is O=C1/C(=C/c2ccc3c(c2)OCO3)SC(=S)N1CC1CCCO1. The van der Waals surface area contributed by atoms with Crippen LogP contribution < -0.4 is 9.47 Å². The van der Waals surface area contributed by atoms with Gasteiger partial charge in [-0.2, -0.15) is 0 Å². The van der Waals surface area contributed by atoms with Crippen molar-refractivity contribution < 1.29 is 19.0 Å². The minimum absolute atomic E-state index is 0.0480. The second-order valence-corrected chi connectivity index (χ2v) is 7.22. The van der Waals surface area contributed by atoms with Crippen molar-refractivity contribution in [2.75, 3.05) is 19.9 Å². The Hall–Kier alpha value is -1.57. The number of ether oxygens (including phenoxy) is 3. The Balaban J connectivity index is 1.52. The molecule has 120 valence electrons. The predicted molar refractivity (Wildman–Crippen MR) is 91.4 cm³/mol. The molecule has 2 fully saturated rings. The van der Waals surface area contributed by atoms with Crippen LogP contribution in [-0.2, 0) is 9.53 Å². The fourth-order valence-corrected chi connectivity index (χ4v) is 4.08. The van der Waals surface area contributed by atoms with Gasteiger partial charge in [-0.3, -0.25) is 9.69 Å². The van der Waals surface area contributed by atoms with Crippen molar-refractivity contribution in [1.29, 1.82) is 0 Å². The molecule has 1 atom stereocenters. The first-order valence-corrected chi connectivity index (χ1v) is 8.70. The Bertz CT molecular complexity index is 697. The van der Waals surface area contributed by atoms with E-state index in [1.165, 1.54) is 11.8 Å². The van der Waals surface area contributed by atoms with E-state index in [-0.39, 0.29) is 18.8 Å². The summed E-state index contributed by atoms with van der Waals surface area (Å²) in [6, 6.07) is 5.62. The molecule has 0 bridgehead atoms. The van der Waals surface area contributed by atoms with Gasteiger partial charge in [0.05, 0.1) is 17.6 Å². The van der Waals surface area contributed by atoms with Crippen LogP contribution in [0.3, 0.4) is 0 Å². The molecule has 1 aromatic carbocycles. The molecule has 0 aliphatic carbocycles. The van der Waals surface area contributed by atoms with Crippen LogP contribution >= 0.6 is 24.0 Å². The minimum Gasteiger partial charge on any atom is -0.454 e. The van der Waals surface area contributed by atoms with Crippen LogP contribution in [0.5, 0.6) is 11.5 Å². The van der Waals surface area contributed by atoms with Crippen LogP contribution in [0.4, 0.5) is 0 Å². The Morgan fingerprint density at radius 1 is 1.35 bits per heavy atom. The second-order valence-electron chi connectivity index (χ2n) is 5.54. The molecule has 4 rings (SSSR count). The second kappa shape index (κ2) is 6.14. The largest absolute Gasteiger partial charge is 0.454 e. The monoisotopic (exact) mass is 349 g/mol. The Kier molecular flexibility index (Phi) is 4.00. The number of fused-ring (bicyclic) bond motifs is 1. The van der Waals surface area contributed by atoms with Gasteiger partial charge in [0.25, 0.3) is 5.91 Å². The smallest absolute Gasteiger partial charge is 0.266 e. The normalized spacial score (nSPS) is 25.0. The molecule has 23 heavy (non-hydrogen) atoms. The topological polar surface area (TPSA) is 48.0 Å². The number of hydrogen-bond donors (Lipinski definition) is 0. The zero-order valence-corrected chi connectivity index (χ0v) is 14.0. The van der Waals surface area contributed by atoms with Crippen LogP contribution in [0.25, 0.3) is 6.08 Å². The first-order valence-electron chi connectivity index (χ1n) is 7.47. The first-order chi connectivity index (χ1) is 11.2. The number of nitrogens with zero attached hydrogens (tertiary/aromatic N) is 1. The maximum absolute atomic E-state index is 12.6. The van der Waals surface area contributed by atoms with Gasteiger partial charge < -0.3 is 14.2 Å². The van der Waals surface area contributed by atoms with E-state index in [0.717, 1.165) is 30.8 Å². The summed E-state index contributed by atoms with van der Waals surface area (Å²) < 4.78 is 16.9. The van der Waals surface area contributed by atoms with E-state index in [9.17, 15) is 4.79 Å². The third-order valence-corrected chi connectivity index (χ3v) is 5.36. The molecule has 5 nitrogen and oxygen atoms in total. The standard InChI is InChI=1S/C16H15NO4S2/c18-15-14(7-10-3-4-12-13(6-10)21-9-20-12)23-16(22)17(15)8-11-2-1-5-19-11/h3-4,6-7,11H,1-2,5,8-9H2/b14-7-.